The van der Waals surface area contributed by atoms with Gasteiger partial charge in [0.2, 0.25) is 5.91 Å². The molecule has 0 aromatic carbocycles. The smallest absolute Gasteiger partial charge is 0.234 e. The van der Waals surface area contributed by atoms with Gasteiger partial charge in [0.15, 0.2) is 0 Å². The van der Waals surface area contributed by atoms with Gasteiger partial charge in [-0.1, -0.05) is 12.8 Å². The van der Waals surface area contributed by atoms with Crippen LogP contribution in [0, 0.1) is 0 Å². The maximum atomic E-state index is 11.6. The SMILES string of the molecule is O=C(CN1CC[C@H](O)C1)NC1CCCC1. The van der Waals surface area contributed by atoms with E-state index in [1.165, 1.54) is 12.8 Å². The molecule has 0 aromatic rings. The van der Waals surface area contributed by atoms with Gasteiger partial charge in [-0.3, -0.25) is 9.69 Å². The van der Waals surface area contributed by atoms with E-state index in [2.05, 4.69) is 5.32 Å². The summed E-state index contributed by atoms with van der Waals surface area (Å²) in [5.74, 6) is 0.121. The number of rotatable bonds is 3. The van der Waals surface area contributed by atoms with Gasteiger partial charge in [0.1, 0.15) is 0 Å². The van der Waals surface area contributed by atoms with Crippen molar-refractivity contribution in [1.29, 1.82) is 0 Å². The van der Waals surface area contributed by atoms with Crippen LogP contribution in [0.2, 0.25) is 0 Å². The number of nitrogens with zero attached hydrogens (tertiary/aromatic N) is 1. The van der Waals surface area contributed by atoms with E-state index in [-0.39, 0.29) is 12.0 Å². The third-order valence-corrected chi connectivity index (χ3v) is 3.33. The average Bonchev–Trinajstić information content (AvgIpc) is 2.77. The first-order chi connectivity index (χ1) is 7.24. The Kier molecular flexibility index (Phi) is 3.59. The van der Waals surface area contributed by atoms with Gasteiger partial charge in [-0.25, -0.2) is 0 Å². The summed E-state index contributed by atoms with van der Waals surface area (Å²) in [6.07, 6.45) is 5.32. The molecule has 1 saturated carbocycles. The lowest BCUT2D eigenvalue weighted by atomic mass is 10.2. The summed E-state index contributed by atoms with van der Waals surface area (Å²) in [6.45, 7) is 1.95. The molecule has 2 aliphatic rings. The number of aliphatic hydroxyl groups is 1. The average molecular weight is 212 g/mol. The van der Waals surface area contributed by atoms with Crippen molar-refractivity contribution in [2.45, 2.75) is 44.2 Å². The van der Waals surface area contributed by atoms with Crippen LogP contribution in [-0.4, -0.2) is 47.7 Å². The van der Waals surface area contributed by atoms with Crippen molar-refractivity contribution in [1.82, 2.24) is 10.2 Å². The predicted octanol–water partition coefficient (Wildman–Crippen LogP) is 0.112. The summed E-state index contributed by atoms with van der Waals surface area (Å²) < 4.78 is 0. The Labute approximate surface area is 90.6 Å². The van der Waals surface area contributed by atoms with Crippen molar-refractivity contribution in [3.63, 3.8) is 0 Å². The summed E-state index contributed by atoms with van der Waals surface area (Å²) in [4.78, 5) is 13.7. The highest BCUT2D eigenvalue weighted by molar-refractivity contribution is 5.78. The molecule has 1 atom stereocenters. The maximum absolute atomic E-state index is 11.6. The second-order valence-electron chi connectivity index (χ2n) is 4.73. The quantitative estimate of drug-likeness (QED) is 0.698. The molecule has 1 aliphatic heterocycles. The Bertz CT molecular complexity index is 227. The highest BCUT2D eigenvalue weighted by Gasteiger charge is 2.23. The van der Waals surface area contributed by atoms with Crippen LogP contribution in [0.3, 0.4) is 0 Å². The van der Waals surface area contributed by atoms with E-state index in [9.17, 15) is 9.90 Å². The Morgan fingerprint density at radius 1 is 1.33 bits per heavy atom. The lowest BCUT2D eigenvalue weighted by Crippen LogP contribution is -2.40. The molecule has 0 bridgehead atoms. The molecule has 2 N–H and O–H groups in total. The van der Waals surface area contributed by atoms with E-state index in [0.29, 0.717) is 19.1 Å². The summed E-state index contributed by atoms with van der Waals surface area (Å²) in [5.41, 5.74) is 0. The fourth-order valence-corrected chi connectivity index (χ4v) is 2.50. The van der Waals surface area contributed by atoms with Crippen LogP contribution in [0.5, 0.6) is 0 Å². The molecule has 0 radical (unpaired) electrons. The Balaban J connectivity index is 1.67. The zero-order valence-corrected chi connectivity index (χ0v) is 9.11. The van der Waals surface area contributed by atoms with E-state index in [0.717, 1.165) is 25.8 Å². The van der Waals surface area contributed by atoms with E-state index < -0.39 is 0 Å². The minimum atomic E-state index is -0.232. The molecule has 0 unspecified atom stereocenters. The van der Waals surface area contributed by atoms with Crippen LogP contribution in [0.4, 0.5) is 0 Å². The van der Waals surface area contributed by atoms with Crippen LogP contribution in [0.25, 0.3) is 0 Å². The molecule has 1 amide bonds. The van der Waals surface area contributed by atoms with E-state index in [4.69, 9.17) is 0 Å². The molecule has 4 nitrogen and oxygen atoms in total. The Hall–Kier alpha value is -0.610. The molecule has 1 heterocycles. The van der Waals surface area contributed by atoms with Crippen LogP contribution < -0.4 is 5.32 Å². The largest absolute Gasteiger partial charge is 0.392 e. The zero-order chi connectivity index (χ0) is 10.7. The highest BCUT2D eigenvalue weighted by atomic mass is 16.3. The molecular formula is C11H20N2O2. The van der Waals surface area contributed by atoms with Crippen molar-refractivity contribution < 1.29 is 9.90 Å². The summed E-state index contributed by atoms with van der Waals surface area (Å²) in [5, 5.41) is 12.4. The number of hydrogen-bond donors (Lipinski definition) is 2. The molecule has 1 aliphatic carbocycles. The minimum Gasteiger partial charge on any atom is -0.392 e. The van der Waals surface area contributed by atoms with E-state index in [1.54, 1.807) is 0 Å². The molecule has 0 spiro atoms. The minimum absolute atomic E-state index is 0.121. The number of carbonyl (C=O) groups is 1. The number of β-amino-alcohol motifs (C(OH)–C–C–N with tert-alkyl or cyclic N) is 1. The number of hydrogen-bond acceptors (Lipinski definition) is 3. The second kappa shape index (κ2) is 4.94. The molecule has 2 fully saturated rings. The number of nitrogens with one attached hydrogen (secondary N) is 1. The first-order valence-electron chi connectivity index (χ1n) is 5.94. The zero-order valence-electron chi connectivity index (χ0n) is 9.11. The van der Waals surface area contributed by atoms with Crippen LogP contribution in [0.15, 0.2) is 0 Å². The first-order valence-corrected chi connectivity index (χ1v) is 5.94. The van der Waals surface area contributed by atoms with Crippen molar-refractivity contribution in [2.75, 3.05) is 19.6 Å². The molecule has 4 heteroatoms. The highest BCUT2D eigenvalue weighted by Crippen LogP contribution is 2.17. The third kappa shape index (κ3) is 3.18. The van der Waals surface area contributed by atoms with Crippen LogP contribution >= 0.6 is 0 Å². The topological polar surface area (TPSA) is 52.6 Å². The van der Waals surface area contributed by atoms with E-state index in [1.807, 2.05) is 4.90 Å². The van der Waals surface area contributed by atoms with Gasteiger partial charge >= 0.3 is 0 Å². The summed E-state index contributed by atoms with van der Waals surface area (Å²) in [6, 6.07) is 0.407. The molecule has 1 saturated heterocycles. The van der Waals surface area contributed by atoms with Crippen molar-refractivity contribution in [3.05, 3.63) is 0 Å². The predicted molar refractivity (Wildman–Crippen MR) is 57.5 cm³/mol. The first kappa shape index (κ1) is 10.9. The van der Waals surface area contributed by atoms with Crippen molar-refractivity contribution in [3.8, 4) is 0 Å². The fraction of sp³-hybridized carbons (Fsp3) is 0.909. The third-order valence-electron chi connectivity index (χ3n) is 3.33. The number of likely N-dealkylation sites (tertiary alicyclic amines) is 1. The molecular weight excluding hydrogens is 192 g/mol. The standard InChI is InChI=1S/C11H20N2O2/c14-10-5-6-13(7-10)8-11(15)12-9-3-1-2-4-9/h9-10,14H,1-8H2,(H,12,15)/t10-/m0/s1. The number of aliphatic hydroxyl groups excluding tert-OH is 1. The van der Waals surface area contributed by atoms with Gasteiger partial charge < -0.3 is 10.4 Å². The van der Waals surface area contributed by atoms with Gasteiger partial charge in [-0.2, -0.15) is 0 Å². The Morgan fingerprint density at radius 2 is 2.07 bits per heavy atom. The molecule has 15 heavy (non-hydrogen) atoms. The summed E-state index contributed by atoms with van der Waals surface area (Å²) >= 11 is 0. The summed E-state index contributed by atoms with van der Waals surface area (Å²) in [7, 11) is 0. The number of carbonyl (C=O) groups excluding carboxylic acids is 1. The lowest BCUT2D eigenvalue weighted by molar-refractivity contribution is -0.122. The van der Waals surface area contributed by atoms with Crippen LogP contribution in [-0.2, 0) is 4.79 Å². The van der Waals surface area contributed by atoms with E-state index >= 15 is 0 Å². The van der Waals surface area contributed by atoms with Gasteiger partial charge in [0.25, 0.3) is 0 Å². The van der Waals surface area contributed by atoms with Crippen molar-refractivity contribution in [2.24, 2.45) is 0 Å². The lowest BCUT2D eigenvalue weighted by Gasteiger charge is -2.17. The fourth-order valence-electron chi connectivity index (χ4n) is 2.50. The molecule has 0 aromatic heterocycles. The van der Waals surface area contributed by atoms with Crippen molar-refractivity contribution >= 4 is 5.91 Å². The van der Waals surface area contributed by atoms with Crippen LogP contribution in [0.1, 0.15) is 32.1 Å². The second-order valence-corrected chi connectivity index (χ2v) is 4.73. The molecule has 86 valence electrons. The maximum Gasteiger partial charge on any atom is 0.234 e. The normalized spacial score (nSPS) is 28.5. The van der Waals surface area contributed by atoms with Gasteiger partial charge in [-0.05, 0) is 19.3 Å². The van der Waals surface area contributed by atoms with Gasteiger partial charge in [-0.15, -0.1) is 0 Å². The van der Waals surface area contributed by atoms with Gasteiger partial charge in [0, 0.05) is 19.1 Å². The Morgan fingerprint density at radius 3 is 2.67 bits per heavy atom. The molecule has 2 rings (SSSR count). The van der Waals surface area contributed by atoms with Gasteiger partial charge in [0.05, 0.1) is 12.6 Å². The number of amides is 1. The monoisotopic (exact) mass is 212 g/mol.